The molecule has 0 aliphatic heterocycles. The fourth-order valence-electron chi connectivity index (χ4n) is 2.35. The summed E-state index contributed by atoms with van der Waals surface area (Å²) in [7, 11) is 0. The van der Waals surface area contributed by atoms with Crippen molar-refractivity contribution in [3.05, 3.63) is 59.8 Å². The Hall–Kier alpha value is -3.06. The van der Waals surface area contributed by atoms with Crippen molar-refractivity contribution in [1.82, 2.24) is 4.98 Å². The van der Waals surface area contributed by atoms with Crippen LogP contribution in [0.2, 0.25) is 0 Å². The van der Waals surface area contributed by atoms with Gasteiger partial charge in [0, 0.05) is 5.39 Å². The number of nitrogens with zero attached hydrogens (tertiary/aromatic N) is 2. The topological polar surface area (TPSA) is 74.7 Å². The molecule has 1 heterocycles. The number of hydrogen-bond donors (Lipinski definition) is 2. The first-order valence-electron chi connectivity index (χ1n) is 6.60. The molecule has 1 aromatic heterocycles. The van der Waals surface area contributed by atoms with E-state index in [9.17, 15) is 5.26 Å². The Kier molecular flexibility index (Phi) is 3.17. The van der Waals surface area contributed by atoms with E-state index in [0.717, 1.165) is 27.8 Å². The molecule has 3 N–H and O–H groups in total. The first-order chi connectivity index (χ1) is 10.2. The number of anilines is 3. The molecule has 4 heteroatoms. The van der Waals surface area contributed by atoms with Crippen LogP contribution < -0.4 is 11.1 Å². The lowest BCUT2D eigenvalue weighted by Crippen LogP contribution is -2.01. The van der Waals surface area contributed by atoms with E-state index in [0.29, 0.717) is 11.3 Å². The van der Waals surface area contributed by atoms with Gasteiger partial charge in [-0.05, 0) is 24.6 Å². The third kappa shape index (κ3) is 2.26. The SMILES string of the molecule is Cc1cccc(Nc2c(N)cnc3ccccc23)c1C#N. The van der Waals surface area contributed by atoms with Gasteiger partial charge in [0.1, 0.15) is 6.07 Å². The summed E-state index contributed by atoms with van der Waals surface area (Å²) in [6.45, 7) is 1.91. The number of aromatic nitrogens is 1. The van der Waals surface area contributed by atoms with Crippen molar-refractivity contribution >= 4 is 28.0 Å². The van der Waals surface area contributed by atoms with Crippen molar-refractivity contribution < 1.29 is 0 Å². The Morgan fingerprint density at radius 1 is 1.14 bits per heavy atom. The Morgan fingerprint density at radius 2 is 1.95 bits per heavy atom. The summed E-state index contributed by atoms with van der Waals surface area (Å²) in [5.74, 6) is 0. The highest BCUT2D eigenvalue weighted by molar-refractivity contribution is 5.99. The molecule has 21 heavy (non-hydrogen) atoms. The summed E-state index contributed by atoms with van der Waals surface area (Å²) in [4.78, 5) is 4.31. The molecule has 0 unspecified atom stereocenters. The minimum atomic E-state index is 0.555. The van der Waals surface area contributed by atoms with Gasteiger partial charge in [0.2, 0.25) is 0 Å². The summed E-state index contributed by atoms with van der Waals surface area (Å²) in [6.07, 6.45) is 1.63. The van der Waals surface area contributed by atoms with E-state index in [4.69, 9.17) is 5.73 Å². The third-order valence-corrected chi connectivity index (χ3v) is 3.45. The summed E-state index contributed by atoms with van der Waals surface area (Å²) in [6, 6.07) is 15.7. The number of para-hydroxylation sites is 1. The van der Waals surface area contributed by atoms with Crippen molar-refractivity contribution in [1.29, 1.82) is 5.26 Å². The molecule has 0 aliphatic rings. The number of nitrogens with two attached hydrogens (primary N) is 1. The number of nitrogens with one attached hydrogen (secondary N) is 1. The summed E-state index contributed by atoms with van der Waals surface area (Å²) in [5.41, 5.74) is 10.6. The second-order valence-electron chi connectivity index (χ2n) is 4.84. The lowest BCUT2D eigenvalue weighted by molar-refractivity contribution is 1.37. The van der Waals surface area contributed by atoms with Crippen LogP contribution in [0.25, 0.3) is 10.9 Å². The van der Waals surface area contributed by atoms with Gasteiger partial charge in [0.15, 0.2) is 0 Å². The normalized spacial score (nSPS) is 10.3. The van der Waals surface area contributed by atoms with E-state index in [-0.39, 0.29) is 0 Å². The number of fused-ring (bicyclic) bond motifs is 1. The van der Waals surface area contributed by atoms with Gasteiger partial charge >= 0.3 is 0 Å². The highest BCUT2D eigenvalue weighted by Crippen LogP contribution is 2.32. The molecule has 4 nitrogen and oxygen atoms in total. The van der Waals surface area contributed by atoms with E-state index in [1.807, 2.05) is 49.4 Å². The second-order valence-corrected chi connectivity index (χ2v) is 4.84. The quantitative estimate of drug-likeness (QED) is 0.746. The third-order valence-electron chi connectivity index (χ3n) is 3.45. The molecule has 2 aromatic carbocycles. The molecule has 0 aliphatic carbocycles. The molecule has 0 amide bonds. The summed E-state index contributed by atoms with van der Waals surface area (Å²) in [5, 5.41) is 13.5. The zero-order valence-electron chi connectivity index (χ0n) is 11.6. The predicted octanol–water partition coefficient (Wildman–Crippen LogP) is 3.74. The van der Waals surface area contributed by atoms with Crippen molar-refractivity contribution in [3.8, 4) is 6.07 Å². The first kappa shape index (κ1) is 12.9. The Morgan fingerprint density at radius 3 is 2.76 bits per heavy atom. The average molecular weight is 274 g/mol. The Bertz CT molecular complexity index is 862. The largest absolute Gasteiger partial charge is 0.396 e. The monoisotopic (exact) mass is 274 g/mol. The van der Waals surface area contributed by atoms with Crippen LogP contribution in [-0.4, -0.2) is 4.98 Å². The van der Waals surface area contributed by atoms with Crippen LogP contribution in [0.5, 0.6) is 0 Å². The number of hydrogen-bond acceptors (Lipinski definition) is 4. The number of aryl methyl sites for hydroxylation is 1. The highest BCUT2D eigenvalue weighted by Gasteiger charge is 2.10. The summed E-state index contributed by atoms with van der Waals surface area (Å²) < 4.78 is 0. The first-order valence-corrected chi connectivity index (χ1v) is 6.60. The molecule has 102 valence electrons. The standard InChI is InChI=1S/C17H14N4/c1-11-5-4-8-16(13(11)9-18)21-17-12-6-2-3-7-15(12)20-10-14(17)19/h2-8,10H,19H2,1H3,(H,20,21). The number of nitrogen functional groups attached to an aromatic ring is 1. The van der Waals surface area contributed by atoms with Crippen LogP contribution in [-0.2, 0) is 0 Å². The van der Waals surface area contributed by atoms with Gasteiger partial charge in [-0.25, -0.2) is 0 Å². The number of benzene rings is 2. The van der Waals surface area contributed by atoms with Crippen LogP contribution in [0.1, 0.15) is 11.1 Å². The van der Waals surface area contributed by atoms with Gasteiger partial charge in [-0.15, -0.1) is 0 Å². The highest BCUT2D eigenvalue weighted by atomic mass is 14.9. The van der Waals surface area contributed by atoms with Gasteiger partial charge in [-0.3, -0.25) is 4.98 Å². The van der Waals surface area contributed by atoms with E-state index >= 15 is 0 Å². The Labute approximate surface area is 122 Å². The van der Waals surface area contributed by atoms with E-state index < -0.39 is 0 Å². The van der Waals surface area contributed by atoms with Gasteiger partial charge in [0.05, 0.1) is 34.3 Å². The van der Waals surface area contributed by atoms with Crippen LogP contribution in [0.15, 0.2) is 48.7 Å². The second kappa shape index (κ2) is 5.14. The van der Waals surface area contributed by atoms with Crippen molar-refractivity contribution in [2.45, 2.75) is 6.92 Å². The fourth-order valence-corrected chi connectivity index (χ4v) is 2.35. The molecule has 3 rings (SSSR count). The van der Waals surface area contributed by atoms with Gasteiger partial charge in [-0.2, -0.15) is 5.26 Å². The molecule has 0 spiro atoms. The number of pyridine rings is 1. The lowest BCUT2D eigenvalue weighted by atomic mass is 10.1. The van der Waals surface area contributed by atoms with Crippen LogP contribution >= 0.6 is 0 Å². The smallest absolute Gasteiger partial charge is 0.102 e. The molecular formula is C17H14N4. The molecular weight excluding hydrogens is 260 g/mol. The molecule has 0 saturated carbocycles. The van der Waals surface area contributed by atoms with E-state index in [1.165, 1.54) is 0 Å². The van der Waals surface area contributed by atoms with Crippen LogP contribution in [0, 0.1) is 18.3 Å². The molecule has 0 atom stereocenters. The minimum Gasteiger partial charge on any atom is -0.396 e. The van der Waals surface area contributed by atoms with Crippen LogP contribution in [0.3, 0.4) is 0 Å². The molecule has 0 fully saturated rings. The van der Waals surface area contributed by atoms with E-state index in [2.05, 4.69) is 16.4 Å². The average Bonchev–Trinajstić information content (AvgIpc) is 2.50. The van der Waals surface area contributed by atoms with Gasteiger partial charge < -0.3 is 11.1 Å². The lowest BCUT2D eigenvalue weighted by Gasteiger charge is -2.14. The van der Waals surface area contributed by atoms with Crippen molar-refractivity contribution in [3.63, 3.8) is 0 Å². The maximum absolute atomic E-state index is 9.33. The fraction of sp³-hybridized carbons (Fsp3) is 0.0588. The number of nitriles is 1. The molecule has 0 radical (unpaired) electrons. The maximum Gasteiger partial charge on any atom is 0.102 e. The maximum atomic E-state index is 9.33. The van der Waals surface area contributed by atoms with Crippen molar-refractivity contribution in [2.75, 3.05) is 11.1 Å². The van der Waals surface area contributed by atoms with Crippen LogP contribution in [0.4, 0.5) is 17.1 Å². The van der Waals surface area contributed by atoms with Crippen molar-refractivity contribution in [2.24, 2.45) is 0 Å². The van der Waals surface area contributed by atoms with E-state index in [1.54, 1.807) is 6.20 Å². The molecule has 0 bridgehead atoms. The Balaban J connectivity index is 2.17. The molecule has 0 saturated heterocycles. The van der Waals surface area contributed by atoms with Gasteiger partial charge in [0.25, 0.3) is 0 Å². The minimum absolute atomic E-state index is 0.555. The summed E-state index contributed by atoms with van der Waals surface area (Å²) >= 11 is 0. The molecule has 3 aromatic rings. The predicted molar refractivity (Wildman–Crippen MR) is 85.3 cm³/mol. The zero-order chi connectivity index (χ0) is 14.8. The van der Waals surface area contributed by atoms with Gasteiger partial charge in [-0.1, -0.05) is 30.3 Å². The zero-order valence-corrected chi connectivity index (χ0v) is 11.6. The number of rotatable bonds is 2.